The van der Waals surface area contributed by atoms with Gasteiger partial charge >= 0.3 is 5.97 Å². The summed E-state index contributed by atoms with van der Waals surface area (Å²) < 4.78 is 7.08. The number of pyridine rings is 1. The van der Waals surface area contributed by atoms with Crippen LogP contribution in [0.5, 0.6) is 0 Å². The second kappa shape index (κ2) is 12.0. The van der Waals surface area contributed by atoms with Gasteiger partial charge in [0.2, 0.25) is 0 Å². The van der Waals surface area contributed by atoms with Gasteiger partial charge in [-0.25, -0.2) is 4.79 Å². The van der Waals surface area contributed by atoms with E-state index in [-0.39, 0.29) is 23.1 Å². The molecule has 0 spiro atoms. The summed E-state index contributed by atoms with van der Waals surface area (Å²) in [5.74, 6) is -0.824. The number of nitrogens with one attached hydrogen (secondary N) is 1. The van der Waals surface area contributed by atoms with Crippen molar-refractivity contribution in [1.29, 1.82) is 5.26 Å². The van der Waals surface area contributed by atoms with Crippen LogP contribution in [0, 0.1) is 22.7 Å². The molecule has 0 bridgehead atoms. The van der Waals surface area contributed by atoms with Crippen molar-refractivity contribution in [3.63, 3.8) is 0 Å². The van der Waals surface area contributed by atoms with E-state index in [9.17, 15) is 19.6 Å². The Balaban J connectivity index is 1.47. The van der Waals surface area contributed by atoms with Crippen LogP contribution in [0.15, 0.2) is 53.3 Å². The molecule has 0 fully saturated rings. The predicted molar refractivity (Wildman–Crippen MR) is 172 cm³/mol. The summed E-state index contributed by atoms with van der Waals surface area (Å²) in [6, 6.07) is 16.3. The first kappa shape index (κ1) is 30.5. The number of esters is 1. The molecule has 7 nitrogen and oxygen atoms in total. The molecule has 2 unspecified atom stereocenters. The lowest BCUT2D eigenvalue weighted by Gasteiger charge is -2.33. The third-order valence-corrected chi connectivity index (χ3v) is 9.80. The molecule has 1 N–H and O–H groups in total. The summed E-state index contributed by atoms with van der Waals surface area (Å²) in [5.41, 5.74) is 2.52. The van der Waals surface area contributed by atoms with Gasteiger partial charge in [0.1, 0.15) is 16.8 Å². The van der Waals surface area contributed by atoms with Crippen LogP contribution in [-0.2, 0) is 29.4 Å². The maximum atomic E-state index is 13.8. The molecule has 0 saturated carbocycles. The molecule has 1 amide bonds. The average Bonchev–Trinajstić information content (AvgIpc) is 3.33. The van der Waals surface area contributed by atoms with Gasteiger partial charge in [0.15, 0.2) is 6.10 Å². The maximum absolute atomic E-state index is 13.8. The van der Waals surface area contributed by atoms with Gasteiger partial charge in [0.05, 0.1) is 5.56 Å². The Hall–Kier alpha value is -3.93. The second-order valence-corrected chi connectivity index (χ2v) is 13.6. The summed E-state index contributed by atoms with van der Waals surface area (Å²) >= 11 is 7.57. The maximum Gasteiger partial charge on any atom is 0.356 e. The first-order chi connectivity index (χ1) is 20.4. The molecule has 43 heavy (non-hydrogen) atoms. The Morgan fingerprint density at radius 2 is 1.84 bits per heavy atom. The molecule has 2 aromatic heterocycles. The first-order valence-corrected chi connectivity index (χ1v) is 15.6. The van der Waals surface area contributed by atoms with Crippen LogP contribution in [0.3, 0.4) is 0 Å². The highest BCUT2D eigenvalue weighted by molar-refractivity contribution is 7.16. The molecule has 1 aliphatic carbocycles. The number of thiophene rings is 1. The number of amides is 1. The van der Waals surface area contributed by atoms with E-state index in [1.165, 1.54) is 23.0 Å². The van der Waals surface area contributed by atoms with Crippen LogP contribution in [0.25, 0.3) is 21.9 Å². The van der Waals surface area contributed by atoms with Gasteiger partial charge in [0, 0.05) is 27.9 Å². The van der Waals surface area contributed by atoms with Gasteiger partial charge in [-0.1, -0.05) is 69.6 Å². The molecule has 5 rings (SSSR count). The minimum atomic E-state index is -1.14. The summed E-state index contributed by atoms with van der Waals surface area (Å²) in [5, 5.41) is 14.9. The number of halogens is 1. The van der Waals surface area contributed by atoms with Crippen molar-refractivity contribution in [2.24, 2.45) is 18.4 Å². The number of benzene rings is 2. The highest BCUT2D eigenvalue weighted by Crippen LogP contribution is 2.44. The Morgan fingerprint density at radius 1 is 1.16 bits per heavy atom. The molecule has 222 valence electrons. The van der Waals surface area contributed by atoms with E-state index in [0.717, 1.165) is 29.7 Å². The topological polar surface area (TPSA) is 101 Å². The minimum Gasteiger partial charge on any atom is -0.448 e. The predicted octanol–water partition coefficient (Wildman–Crippen LogP) is 7.52. The first-order valence-electron chi connectivity index (χ1n) is 14.4. The highest BCUT2D eigenvalue weighted by Gasteiger charge is 2.34. The van der Waals surface area contributed by atoms with Crippen molar-refractivity contribution in [2.75, 3.05) is 5.32 Å². The number of ether oxygens (including phenoxy) is 1. The number of hydrogen-bond donors (Lipinski definition) is 1. The lowest BCUT2D eigenvalue weighted by Crippen LogP contribution is -2.34. The Kier molecular flexibility index (Phi) is 8.51. The number of carbonyl (C=O) groups is 2. The Labute approximate surface area is 260 Å². The fourth-order valence-electron chi connectivity index (χ4n) is 5.84. The largest absolute Gasteiger partial charge is 0.448 e. The highest BCUT2D eigenvalue weighted by atomic mass is 35.5. The fraction of sp³-hybridized carbons (Fsp3) is 0.353. The lowest BCUT2D eigenvalue weighted by molar-refractivity contribution is -0.124. The quantitative estimate of drug-likeness (QED) is 0.226. The average molecular weight is 616 g/mol. The van der Waals surface area contributed by atoms with Crippen molar-refractivity contribution >= 4 is 50.6 Å². The van der Waals surface area contributed by atoms with Gasteiger partial charge in [-0.05, 0) is 71.7 Å². The van der Waals surface area contributed by atoms with Crippen molar-refractivity contribution in [3.05, 3.63) is 85.6 Å². The van der Waals surface area contributed by atoms with Gasteiger partial charge in [-0.2, -0.15) is 5.26 Å². The van der Waals surface area contributed by atoms with E-state index in [0.29, 0.717) is 43.4 Å². The Bertz CT molecular complexity index is 1830. The monoisotopic (exact) mass is 615 g/mol. The number of carbonyl (C=O) groups excluding carboxylic acids is 2. The third-order valence-electron chi connectivity index (χ3n) is 8.38. The van der Waals surface area contributed by atoms with Gasteiger partial charge in [-0.3, -0.25) is 9.59 Å². The normalized spacial score (nSPS) is 15.4. The summed E-state index contributed by atoms with van der Waals surface area (Å²) in [4.78, 5) is 41.7. The van der Waals surface area contributed by atoms with Gasteiger partial charge < -0.3 is 14.6 Å². The minimum absolute atomic E-state index is 0.0368. The van der Waals surface area contributed by atoms with Gasteiger partial charge in [0.25, 0.3) is 11.5 Å². The zero-order valence-corrected chi connectivity index (χ0v) is 26.5. The number of fused-ring (bicyclic) bond motifs is 2. The molecule has 1 aliphatic rings. The van der Waals surface area contributed by atoms with Crippen molar-refractivity contribution < 1.29 is 14.3 Å². The standard InChI is InChI=1S/C34H34ClN3O4S/c1-6-26(30(39)37-31-25(18-36)22-16-13-20(34(2,3)4)17-27(22)43-31)42-33(41)29-28(19-11-14-21(35)15-12-19)23-9-7-8-10-24(23)32(40)38(29)5/h7-12,14-15,20,26H,6,13,16-17H2,1-5H3,(H,37,39). The molecule has 4 aromatic rings. The fourth-order valence-corrected chi connectivity index (χ4v) is 7.25. The summed E-state index contributed by atoms with van der Waals surface area (Å²) in [7, 11) is 1.52. The van der Waals surface area contributed by atoms with Gasteiger partial charge in [-0.15, -0.1) is 11.3 Å². The van der Waals surface area contributed by atoms with Crippen LogP contribution in [0.1, 0.15) is 67.0 Å². The number of anilines is 1. The molecular weight excluding hydrogens is 582 g/mol. The van der Waals surface area contributed by atoms with E-state index < -0.39 is 18.0 Å². The smallest absolute Gasteiger partial charge is 0.356 e. The SMILES string of the molecule is CCC(OC(=O)c1c(-c2ccc(Cl)cc2)c2ccccc2c(=O)n1C)C(=O)Nc1sc2c(c1C#N)CCC(C(C)(C)C)C2. The van der Waals surface area contributed by atoms with E-state index in [1.54, 1.807) is 55.5 Å². The second-order valence-electron chi connectivity index (χ2n) is 12.1. The zero-order valence-electron chi connectivity index (χ0n) is 24.9. The number of nitriles is 1. The van der Waals surface area contributed by atoms with Crippen LogP contribution in [0.2, 0.25) is 5.02 Å². The molecule has 2 aromatic carbocycles. The number of rotatable bonds is 6. The Morgan fingerprint density at radius 3 is 2.47 bits per heavy atom. The molecule has 2 heterocycles. The van der Waals surface area contributed by atoms with Crippen molar-refractivity contribution in [2.45, 2.75) is 59.5 Å². The molecule has 2 atom stereocenters. The van der Waals surface area contributed by atoms with E-state index in [4.69, 9.17) is 16.3 Å². The van der Waals surface area contributed by atoms with E-state index in [2.05, 4.69) is 32.2 Å². The molecule has 0 aliphatic heterocycles. The molecule has 9 heteroatoms. The number of hydrogen-bond acceptors (Lipinski definition) is 6. The van der Waals surface area contributed by atoms with Crippen LogP contribution >= 0.6 is 22.9 Å². The summed E-state index contributed by atoms with van der Waals surface area (Å²) in [6.07, 6.45) is 1.71. The lowest BCUT2D eigenvalue weighted by atomic mass is 9.72. The van der Waals surface area contributed by atoms with Crippen LogP contribution in [-0.4, -0.2) is 22.5 Å². The third kappa shape index (κ3) is 5.84. The van der Waals surface area contributed by atoms with Crippen LogP contribution < -0.4 is 10.9 Å². The van der Waals surface area contributed by atoms with Crippen LogP contribution in [0.4, 0.5) is 5.00 Å². The number of nitrogens with zero attached hydrogens (tertiary/aromatic N) is 2. The molecular formula is C34H34ClN3O4S. The molecule has 0 radical (unpaired) electrons. The zero-order chi connectivity index (χ0) is 31.1. The molecule has 0 saturated heterocycles. The number of aromatic nitrogens is 1. The van der Waals surface area contributed by atoms with E-state index >= 15 is 0 Å². The van der Waals surface area contributed by atoms with Crippen molar-refractivity contribution in [1.82, 2.24) is 4.57 Å². The van der Waals surface area contributed by atoms with Crippen molar-refractivity contribution in [3.8, 4) is 17.2 Å². The van der Waals surface area contributed by atoms with E-state index in [1.807, 2.05) is 0 Å². The summed E-state index contributed by atoms with van der Waals surface area (Å²) in [6.45, 7) is 8.44.